The fraction of sp³-hybridized carbons (Fsp3) is 0.167. The topological polar surface area (TPSA) is 37.6 Å². The average Bonchev–Trinajstić information content (AvgIpc) is 3.05. The van der Waals surface area contributed by atoms with Crippen LogP contribution in [0, 0.1) is 13.8 Å². The molecule has 0 N–H and O–H groups in total. The Bertz CT molecular complexity index is 1260. The standard InChI is InChI=1S/C24H20F3N3O/c1-15-16(2)30-14-21(12-13-22(30)28-15)29(3)23(31)19-6-4-17(5-7-19)18-8-10-20(11-9-18)24(25,26)27/h4-14H,1-3H3. The van der Waals surface area contributed by atoms with E-state index in [9.17, 15) is 18.0 Å². The summed E-state index contributed by atoms with van der Waals surface area (Å²) in [4.78, 5) is 19.0. The Balaban J connectivity index is 1.56. The molecule has 0 atom stereocenters. The number of hydrogen-bond donors (Lipinski definition) is 0. The van der Waals surface area contributed by atoms with Gasteiger partial charge >= 0.3 is 6.18 Å². The van der Waals surface area contributed by atoms with Gasteiger partial charge in [-0.2, -0.15) is 13.2 Å². The third-order valence-electron chi connectivity index (χ3n) is 5.45. The minimum Gasteiger partial charge on any atom is -0.310 e. The van der Waals surface area contributed by atoms with Crippen LogP contribution < -0.4 is 4.90 Å². The lowest BCUT2D eigenvalue weighted by molar-refractivity contribution is -0.137. The molecule has 7 heteroatoms. The number of hydrogen-bond acceptors (Lipinski definition) is 2. The van der Waals surface area contributed by atoms with Gasteiger partial charge in [0.2, 0.25) is 0 Å². The van der Waals surface area contributed by atoms with Crippen LogP contribution >= 0.6 is 0 Å². The van der Waals surface area contributed by atoms with Crippen molar-refractivity contribution >= 4 is 17.2 Å². The fourth-order valence-corrected chi connectivity index (χ4v) is 3.43. The Morgan fingerprint density at radius 3 is 2.06 bits per heavy atom. The first kappa shape index (κ1) is 20.7. The summed E-state index contributed by atoms with van der Waals surface area (Å²) in [5.74, 6) is -0.187. The number of rotatable bonds is 3. The Labute approximate surface area is 177 Å². The second kappa shape index (κ2) is 7.58. The highest BCUT2D eigenvalue weighted by atomic mass is 19.4. The SMILES string of the molecule is Cc1nc2ccc(N(C)C(=O)c3ccc(-c4ccc(C(F)(F)F)cc4)cc3)cn2c1C. The molecule has 4 aromatic rings. The van der Waals surface area contributed by atoms with Crippen molar-refractivity contribution in [3.8, 4) is 11.1 Å². The Kier molecular flexibility index (Phi) is 5.05. The van der Waals surface area contributed by atoms with Gasteiger partial charge in [-0.1, -0.05) is 24.3 Å². The molecule has 0 fully saturated rings. The minimum atomic E-state index is -4.36. The van der Waals surface area contributed by atoms with Gasteiger partial charge in [-0.05, 0) is 61.4 Å². The van der Waals surface area contributed by atoms with Crippen LogP contribution in [0.2, 0.25) is 0 Å². The van der Waals surface area contributed by atoms with E-state index < -0.39 is 11.7 Å². The molecule has 0 bridgehead atoms. The first-order valence-electron chi connectivity index (χ1n) is 9.66. The van der Waals surface area contributed by atoms with Gasteiger partial charge < -0.3 is 9.30 Å². The largest absolute Gasteiger partial charge is 0.416 e. The summed E-state index contributed by atoms with van der Waals surface area (Å²) < 4.78 is 40.2. The van der Waals surface area contributed by atoms with Gasteiger partial charge in [0, 0.05) is 24.5 Å². The molecule has 0 radical (unpaired) electrons. The highest BCUT2D eigenvalue weighted by molar-refractivity contribution is 6.05. The van der Waals surface area contributed by atoms with Crippen LogP contribution in [-0.4, -0.2) is 22.3 Å². The van der Waals surface area contributed by atoms with Crippen LogP contribution in [0.4, 0.5) is 18.9 Å². The van der Waals surface area contributed by atoms with E-state index in [1.165, 1.54) is 12.1 Å². The zero-order chi connectivity index (χ0) is 22.3. The lowest BCUT2D eigenvalue weighted by Crippen LogP contribution is -2.26. The molecule has 31 heavy (non-hydrogen) atoms. The number of pyridine rings is 1. The number of anilines is 1. The van der Waals surface area contributed by atoms with Crippen LogP contribution in [0.15, 0.2) is 66.9 Å². The molecule has 2 heterocycles. The maximum absolute atomic E-state index is 13.0. The second-order valence-electron chi connectivity index (χ2n) is 7.41. The lowest BCUT2D eigenvalue weighted by Gasteiger charge is -2.18. The third-order valence-corrected chi connectivity index (χ3v) is 5.45. The van der Waals surface area contributed by atoms with Gasteiger partial charge in [-0.15, -0.1) is 0 Å². The van der Waals surface area contributed by atoms with Crippen molar-refractivity contribution in [3.63, 3.8) is 0 Å². The van der Waals surface area contributed by atoms with E-state index in [0.29, 0.717) is 11.1 Å². The van der Waals surface area contributed by atoms with E-state index in [1.807, 2.05) is 36.6 Å². The first-order chi connectivity index (χ1) is 14.6. The van der Waals surface area contributed by atoms with Crippen molar-refractivity contribution in [2.24, 2.45) is 0 Å². The second-order valence-corrected chi connectivity index (χ2v) is 7.41. The number of benzene rings is 2. The monoisotopic (exact) mass is 423 g/mol. The zero-order valence-corrected chi connectivity index (χ0v) is 17.2. The van der Waals surface area contributed by atoms with Crippen LogP contribution in [0.25, 0.3) is 16.8 Å². The molecule has 158 valence electrons. The summed E-state index contributed by atoms with van der Waals surface area (Å²) in [5.41, 5.74) is 4.67. The molecule has 0 saturated heterocycles. The number of alkyl halides is 3. The maximum Gasteiger partial charge on any atom is 0.416 e. The molecule has 0 saturated carbocycles. The van der Waals surface area contributed by atoms with E-state index in [4.69, 9.17) is 0 Å². The number of halogens is 3. The van der Waals surface area contributed by atoms with E-state index in [1.54, 1.807) is 36.2 Å². The Morgan fingerprint density at radius 1 is 0.903 bits per heavy atom. The van der Waals surface area contributed by atoms with Crippen molar-refractivity contribution in [1.82, 2.24) is 9.38 Å². The summed E-state index contributed by atoms with van der Waals surface area (Å²) in [6, 6.07) is 15.5. The molecule has 4 rings (SSSR count). The third kappa shape index (κ3) is 3.91. The van der Waals surface area contributed by atoms with E-state index in [2.05, 4.69) is 4.98 Å². The van der Waals surface area contributed by atoms with Crippen LogP contribution in [0.1, 0.15) is 27.3 Å². The number of aryl methyl sites for hydroxylation is 2. The molecular formula is C24H20F3N3O. The number of nitrogens with zero attached hydrogens (tertiary/aromatic N) is 3. The first-order valence-corrected chi connectivity index (χ1v) is 9.66. The molecule has 0 spiro atoms. The number of imidazole rings is 1. The maximum atomic E-state index is 13.0. The normalized spacial score (nSPS) is 11.7. The van der Waals surface area contributed by atoms with Crippen molar-refractivity contribution < 1.29 is 18.0 Å². The molecule has 4 nitrogen and oxygen atoms in total. The van der Waals surface area contributed by atoms with E-state index >= 15 is 0 Å². The van der Waals surface area contributed by atoms with Gasteiger partial charge in [-0.3, -0.25) is 4.79 Å². The van der Waals surface area contributed by atoms with Gasteiger partial charge in [0.15, 0.2) is 0 Å². The highest BCUT2D eigenvalue weighted by Crippen LogP contribution is 2.31. The zero-order valence-electron chi connectivity index (χ0n) is 17.2. The average molecular weight is 423 g/mol. The summed E-state index contributed by atoms with van der Waals surface area (Å²) >= 11 is 0. The Morgan fingerprint density at radius 2 is 1.48 bits per heavy atom. The quantitative estimate of drug-likeness (QED) is 0.411. The van der Waals surface area contributed by atoms with E-state index in [0.717, 1.165) is 40.4 Å². The predicted octanol–water partition coefficient (Wildman–Crippen LogP) is 5.91. The molecule has 0 unspecified atom stereocenters. The molecular weight excluding hydrogens is 403 g/mol. The van der Waals surface area contributed by atoms with Crippen LogP contribution in [0.5, 0.6) is 0 Å². The summed E-state index contributed by atoms with van der Waals surface area (Å²) in [6.07, 6.45) is -2.49. The number of aromatic nitrogens is 2. The molecule has 1 amide bonds. The van der Waals surface area contributed by atoms with Crippen molar-refractivity contribution in [2.45, 2.75) is 20.0 Å². The van der Waals surface area contributed by atoms with Crippen LogP contribution in [-0.2, 0) is 6.18 Å². The van der Waals surface area contributed by atoms with Crippen molar-refractivity contribution in [2.75, 3.05) is 11.9 Å². The minimum absolute atomic E-state index is 0.187. The predicted molar refractivity (Wildman–Crippen MR) is 114 cm³/mol. The summed E-state index contributed by atoms with van der Waals surface area (Å²) in [5, 5.41) is 0. The van der Waals surface area contributed by atoms with Gasteiger partial charge in [0.05, 0.1) is 16.9 Å². The summed E-state index contributed by atoms with van der Waals surface area (Å²) in [6.45, 7) is 3.91. The summed E-state index contributed by atoms with van der Waals surface area (Å²) in [7, 11) is 1.70. The van der Waals surface area contributed by atoms with Crippen molar-refractivity contribution in [1.29, 1.82) is 0 Å². The van der Waals surface area contributed by atoms with Gasteiger partial charge in [-0.25, -0.2) is 4.98 Å². The number of carbonyl (C=O) groups excluding carboxylic acids is 1. The number of fused-ring (bicyclic) bond motifs is 1. The molecule has 2 aromatic carbocycles. The van der Waals surface area contributed by atoms with Gasteiger partial charge in [0.25, 0.3) is 5.91 Å². The molecule has 0 aliphatic carbocycles. The molecule has 2 aromatic heterocycles. The fourth-order valence-electron chi connectivity index (χ4n) is 3.43. The molecule has 0 aliphatic rings. The number of carbonyl (C=O) groups is 1. The molecule has 0 aliphatic heterocycles. The number of amides is 1. The van der Waals surface area contributed by atoms with Gasteiger partial charge in [0.1, 0.15) is 5.65 Å². The van der Waals surface area contributed by atoms with Crippen molar-refractivity contribution in [3.05, 3.63) is 89.4 Å². The van der Waals surface area contributed by atoms with E-state index in [-0.39, 0.29) is 5.91 Å². The lowest BCUT2D eigenvalue weighted by atomic mass is 10.0. The Hall–Kier alpha value is -3.61. The highest BCUT2D eigenvalue weighted by Gasteiger charge is 2.30. The smallest absolute Gasteiger partial charge is 0.310 e. The van der Waals surface area contributed by atoms with Crippen LogP contribution in [0.3, 0.4) is 0 Å².